The van der Waals surface area contributed by atoms with E-state index in [1.54, 1.807) is 17.4 Å². The van der Waals surface area contributed by atoms with Gasteiger partial charge in [-0.3, -0.25) is 4.79 Å². The van der Waals surface area contributed by atoms with Crippen LogP contribution in [0, 0.1) is 0 Å². The zero-order valence-electron chi connectivity index (χ0n) is 14.1. The lowest BCUT2D eigenvalue weighted by molar-refractivity contribution is -0.118. The number of carbonyl (C=O) groups excluding carboxylic acids is 1. The molecule has 0 fully saturated rings. The van der Waals surface area contributed by atoms with Crippen molar-refractivity contribution in [2.24, 2.45) is 0 Å². The predicted molar refractivity (Wildman–Crippen MR) is 102 cm³/mol. The highest BCUT2D eigenvalue weighted by molar-refractivity contribution is 7.99. The number of aromatic nitrogens is 1. The third-order valence-electron chi connectivity index (χ3n) is 3.48. The van der Waals surface area contributed by atoms with Gasteiger partial charge >= 0.3 is 0 Å². The summed E-state index contributed by atoms with van der Waals surface area (Å²) in [6.07, 6.45) is 0. The van der Waals surface area contributed by atoms with Crippen molar-refractivity contribution in [3.8, 4) is 0 Å². The lowest BCUT2D eigenvalue weighted by Crippen LogP contribution is -2.24. The number of rotatable bonds is 7. The molecule has 0 unspecified atom stereocenters. The summed E-state index contributed by atoms with van der Waals surface area (Å²) in [6.45, 7) is 0.496. The number of oxazole rings is 1. The van der Waals surface area contributed by atoms with Crippen LogP contribution in [-0.2, 0) is 21.4 Å². The highest BCUT2D eigenvalue weighted by Gasteiger charge is 2.19. The van der Waals surface area contributed by atoms with Crippen molar-refractivity contribution in [2.75, 3.05) is 19.8 Å². The Hall–Kier alpha value is -1.88. The Morgan fingerprint density at radius 2 is 2.15 bits per heavy atom. The number of hydrogen-bond donors (Lipinski definition) is 1. The molecule has 1 aromatic carbocycles. The van der Waals surface area contributed by atoms with E-state index >= 15 is 0 Å². The van der Waals surface area contributed by atoms with Crippen LogP contribution in [0.1, 0.15) is 4.88 Å². The van der Waals surface area contributed by atoms with Gasteiger partial charge in [-0.25, -0.2) is 17.7 Å². The van der Waals surface area contributed by atoms with Gasteiger partial charge in [-0.15, -0.1) is 11.3 Å². The smallest absolute Gasteiger partial charge is 0.257 e. The van der Waals surface area contributed by atoms with E-state index < -0.39 is 10.0 Å². The van der Waals surface area contributed by atoms with Crippen molar-refractivity contribution < 1.29 is 17.6 Å². The largest absolute Gasteiger partial charge is 0.431 e. The molecule has 138 valence electrons. The summed E-state index contributed by atoms with van der Waals surface area (Å²) >= 11 is 2.75. The molecule has 0 bridgehead atoms. The number of fused-ring (bicyclic) bond motifs is 1. The van der Waals surface area contributed by atoms with Gasteiger partial charge in [0.05, 0.1) is 17.2 Å². The average molecular weight is 412 g/mol. The van der Waals surface area contributed by atoms with E-state index in [1.165, 1.54) is 26.2 Å². The van der Waals surface area contributed by atoms with Crippen molar-refractivity contribution in [2.45, 2.75) is 16.7 Å². The van der Waals surface area contributed by atoms with Crippen molar-refractivity contribution >= 4 is 50.1 Å². The maximum absolute atomic E-state index is 12.2. The quantitative estimate of drug-likeness (QED) is 0.601. The molecule has 3 aromatic rings. The molecule has 0 aliphatic rings. The van der Waals surface area contributed by atoms with E-state index in [1.807, 2.05) is 17.5 Å². The summed E-state index contributed by atoms with van der Waals surface area (Å²) in [4.78, 5) is 17.4. The molecule has 2 aromatic heterocycles. The third-order valence-corrected chi connectivity index (χ3v) is 7.00. The zero-order valence-corrected chi connectivity index (χ0v) is 16.6. The number of thioether (sulfide) groups is 1. The predicted octanol–water partition coefficient (Wildman–Crippen LogP) is 2.55. The molecular formula is C16H17N3O4S3. The van der Waals surface area contributed by atoms with Crippen molar-refractivity contribution in [3.63, 3.8) is 0 Å². The molecule has 0 spiro atoms. The molecule has 0 aliphatic carbocycles. The molecule has 0 atom stereocenters. The monoisotopic (exact) mass is 411 g/mol. The molecule has 0 aliphatic heterocycles. The fourth-order valence-corrected chi connectivity index (χ4v) is 4.33. The van der Waals surface area contributed by atoms with Gasteiger partial charge in [0, 0.05) is 19.0 Å². The number of benzene rings is 1. The first-order valence-corrected chi connectivity index (χ1v) is 10.9. The number of nitrogens with zero attached hydrogens (tertiary/aromatic N) is 2. The normalized spacial score (nSPS) is 12.0. The standard InChI is InChI=1S/C16H17N3O4S3/c1-19(2)26(21,22)12-5-6-14-13(8-12)18-16(23-14)25-10-15(20)17-9-11-4-3-7-24-11/h3-8H,9-10H2,1-2H3,(H,17,20). The summed E-state index contributed by atoms with van der Waals surface area (Å²) in [6, 6.07) is 8.40. The van der Waals surface area contributed by atoms with Gasteiger partial charge in [-0.05, 0) is 29.6 Å². The fourth-order valence-electron chi connectivity index (χ4n) is 2.10. The highest BCUT2D eigenvalue weighted by Crippen LogP contribution is 2.26. The van der Waals surface area contributed by atoms with Crippen LogP contribution < -0.4 is 5.32 Å². The van der Waals surface area contributed by atoms with Crippen molar-refractivity contribution in [3.05, 3.63) is 40.6 Å². The first-order chi connectivity index (χ1) is 12.4. The van der Waals surface area contributed by atoms with E-state index in [4.69, 9.17) is 4.42 Å². The van der Waals surface area contributed by atoms with E-state index in [0.717, 1.165) is 20.9 Å². The molecule has 0 saturated heterocycles. The molecule has 0 saturated carbocycles. The Balaban J connectivity index is 1.64. The first kappa shape index (κ1) is 18.9. The highest BCUT2D eigenvalue weighted by atomic mass is 32.2. The molecule has 0 radical (unpaired) electrons. The topological polar surface area (TPSA) is 92.5 Å². The lowest BCUT2D eigenvalue weighted by Gasteiger charge is -2.10. The van der Waals surface area contributed by atoms with Crippen LogP contribution in [0.25, 0.3) is 11.1 Å². The van der Waals surface area contributed by atoms with Crippen molar-refractivity contribution in [1.29, 1.82) is 0 Å². The minimum absolute atomic E-state index is 0.124. The molecule has 1 N–H and O–H groups in total. The van der Waals surface area contributed by atoms with Crippen LogP contribution in [0.4, 0.5) is 0 Å². The summed E-state index contributed by atoms with van der Waals surface area (Å²) in [5, 5.41) is 5.11. The Morgan fingerprint density at radius 3 is 2.85 bits per heavy atom. The van der Waals surface area contributed by atoms with Gasteiger partial charge in [0.1, 0.15) is 5.52 Å². The second kappa shape index (κ2) is 7.78. The SMILES string of the molecule is CN(C)S(=O)(=O)c1ccc2oc(SCC(=O)NCc3cccs3)nc2c1. The fraction of sp³-hybridized carbons (Fsp3) is 0.250. The van der Waals surface area contributed by atoms with Crippen LogP contribution in [0.2, 0.25) is 0 Å². The van der Waals surface area contributed by atoms with Gasteiger partial charge in [-0.2, -0.15) is 0 Å². The average Bonchev–Trinajstić information content (AvgIpc) is 3.26. The van der Waals surface area contributed by atoms with E-state index in [0.29, 0.717) is 22.9 Å². The maximum atomic E-state index is 12.2. The second-order valence-corrected chi connectivity index (χ2v) is 9.65. The molecule has 1 amide bonds. The lowest BCUT2D eigenvalue weighted by atomic mass is 10.3. The number of nitrogens with one attached hydrogen (secondary N) is 1. The van der Waals surface area contributed by atoms with Crippen LogP contribution in [0.3, 0.4) is 0 Å². The van der Waals surface area contributed by atoms with E-state index in [-0.39, 0.29) is 16.6 Å². The van der Waals surface area contributed by atoms with Gasteiger partial charge < -0.3 is 9.73 Å². The molecule has 3 rings (SSSR count). The Bertz CT molecular complexity index is 1010. The van der Waals surface area contributed by atoms with Crippen LogP contribution in [-0.4, -0.2) is 43.5 Å². The van der Waals surface area contributed by atoms with Gasteiger partial charge in [0.2, 0.25) is 15.9 Å². The van der Waals surface area contributed by atoms with Gasteiger partial charge in [-0.1, -0.05) is 17.8 Å². The molecule has 2 heterocycles. The Kier molecular flexibility index (Phi) is 5.66. The third kappa shape index (κ3) is 4.26. The second-order valence-electron chi connectivity index (χ2n) is 5.54. The zero-order chi connectivity index (χ0) is 18.7. The first-order valence-electron chi connectivity index (χ1n) is 7.61. The van der Waals surface area contributed by atoms with E-state index in [2.05, 4.69) is 10.3 Å². The summed E-state index contributed by atoms with van der Waals surface area (Å²) in [5.74, 6) is 0.0441. The molecule has 26 heavy (non-hydrogen) atoms. The number of sulfonamides is 1. The number of amides is 1. The summed E-state index contributed by atoms with van der Waals surface area (Å²) in [7, 11) is -0.591. The molecule has 10 heteroatoms. The molecular weight excluding hydrogens is 394 g/mol. The number of carbonyl (C=O) groups is 1. The van der Waals surface area contributed by atoms with Gasteiger partial charge in [0.25, 0.3) is 5.22 Å². The minimum Gasteiger partial charge on any atom is -0.431 e. The van der Waals surface area contributed by atoms with Crippen LogP contribution in [0.5, 0.6) is 0 Å². The minimum atomic E-state index is -3.53. The Morgan fingerprint density at radius 1 is 1.35 bits per heavy atom. The summed E-state index contributed by atoms with van der Waals surface area (Å²) < 4.78 is 31.1. The summed E-state index contributed by atoms with van der Waals surface area (Å²) in [5.41, 5.74) is 0.915. The van der Waals surface area contributed by atoms with Gasteiger partial charge in [0.15, 0.2) is 5.58 Å². The Labute approximate surface area is 159 Å². The van der Waals surface area contributed by atoms with Crippen LogP contribution in [0.15, 0.2) is 50.2 Å². The van der Waals surface area contributed by atoms with Crippen LogP contribution >= 0.6 is 23.1 Å². The van der Waals surface area contributed by atoms with E-state index in [9.17, 15) is 13.2 Å². The van der Waals surface area contributed by atoms with Crippen molar-refractivity contribution in [1.82, 2.24) is 14.6 Å². The number of thiophene rings is 1. The number of hydrogen-bond acceptors (Lipinski definition) is 7. The maximum Gasteiger partial charge on any atom is 0.257 e. The molecule has 7 nitrogen and oxygen atoms in total.